The number of hydrogen-bond donors (Lipinski definition) is 1. The summed E-state index contributed by atoms with van der Waals surface area (Å²) >= 11 is 3.45. The highest BCUT2D eigenvalue weighted by atomic mass is 79.9. The monoisotopic (exact) mass is 395 g/mol. The summed E-state index contributed by atoms with van der Waals surface area (Å²) in [5, 5.41) is 2.51. The molecule has 1 amide bonds. The van der Waals surface area contributed by atoms with Gasteiger partial charge in [-0.15, -0.1) is 0 Å². The van der Waals surface area contributed by atoms with Gasteiger partial charge in [0.2, 0.25) is 6.86 Å². The number of alkyl halides is 1. The van der Waals surface area contributed by atoms with Crippen LogP contribution in [-0.2, 0) is 11.3 Å². The van der Waals surface area contributed by atoms with Crippen molar-refractivity contribution in [1.29, 1.82) is 0 Å². The topological polar surface area (TPSA) is 47.6 Å². The number of carbonyl (C=O) groups is 1. The maximum atomic E-state index is 12.1. The zero-order valence-corrected chi connectivity index (χ0v) is 15.4. The Kier molecular flexibility index (Phi) is 6.20. The first-order valence-electron chi connectivity index (χ1n) is 7.40. The predicted molar refractivity (Wildman–Crippen MR) is 95.2 cm³/mol. The lowest BCUT2D eigenvalue weighted by molar-refractivity contribution is 0.111. The first kappa shape index (κ1) is 18.3. The summed E-state index contributed by atoms with van der Waals surface area (Å²) in [5.74, 6) is 0.783. The highest BCUT2D eigenvalue weighted by Gasteiger charge is 2.12. The van der Waals surface area contributed by atoms with Gasteiger partial charge >= 0.3 is 6.09 Å². The van der Waals surface area contributed by atoms with Crippen molar-refractivity contribution in [2.75, 3.05) is 12.2 Å². The van der Waals surface area contributed by atoms with Crippen molar-refractivity contribution < 1.29 is 18.7 Å². The van der Waals surface area contributed by atoms with Crippen molar-refractivity contribution in [1.82, 2.24) is 0 Å². The van der Waals surface area contributed by atoms with E-state index in [-0.39, 0.29) is 6.61 Å². The fourth-order valence-electron chi connectivity index (χ4n) is 2.26. The third-order valence-corrected chi connectivity index (χ3v) is 4.45. The van der Waals surface area contributed by atoms with Gasteiger partial charge in [0.1, 0.15) is 12.4 Å². The molecule has 1 N–H and O–H groups in total. The zero-order chi connectivity index (χ0) is 17.7. The van der Waals surface area contributed by atoms with Crippen LogP contribution in [0.2, 0.25) is 0 Å². The van der Waals surface area contributed by atoms with E-state index in [9.17, 15) is 9.18 Å². The number of ether oxygens (including phenoxy) is 2. The molecule has 0 aliphatic rings. The fourth-order valence-corrected chi connectivity index (χ4v) is 2.74. The molecule has 0 saturated heterocycles. The van der Waals surface area contributed by atoms with Crippen LogP contribution in [0.3, 0.4) is 0 Å². The van der Waals surface area contributed by atoms with Gasteiger partial charge in [-0.25, -0.2) is 9.18 Å². The Labute approximate surface area is 149 Å². The molecule has 0 unspecified atom stereocenters. The number of rotatable bonds is 5. The normalized spacial score (nSPS) is 10.4. The molecule has 0 radical (unpaired) electrons. The molecule has 2 aromatic carbocycles. The van der Waals surface area contributed by atoms with Gasteiger partial charge in [0.05, 0.1) is 5.69 Å². The summed E-state index contributed by atoms with van der Waals surface area (Å²) in [6.07, 6.45) is -0.848. The van der Waals surface area contributed by atoms with Crippen LogP contribution in [0, 0.1) is 20.8 Å². The third kappa shape index (κ3) is 4.47. The number of benzene rings is 2. The minimum Gasteiger partial charge on any atom is -0.489 e. The molecule has 0 atom stereocenters. The van der Waals surface area contributed by atoms with Gasteiger partial charge in [0, 0.05) is 10.0 Å². The van der Waals surface area contributed by atoms with Crippen molar-refractivity contribution >= 4 is 27.7 Å². The van der Waals surface area contributed by atoms with Crippen LogP contribution in [0.5, 0.6) is 5.75 Å². The molecule has 6 heteroatoms. The van der Waals surface area contributed by atoms with Gasteiger partial charge in [-0.3, -0.25) is 5.32 Å². The van der Waals surface area contributed by atoms with Crippen molar-refractivity contribution in [3.05, 3.63) is 57.1 Å². The average molecular weight is 396 g/mol. The van der Waals surface area contributed by atoms with Gasteiger partial charge < -0.3 is 9.47 Å². The highest BCUT2D eigenvalue weighted by molar-refractivity contribution is 9.10. The Morgan fingerprint density at radius 2 is 1.88 bits per heavy atom. The van der Waals surface area contributed by atoms with Crippen LogP contribution in [0.4, 0.5) is 14.9 Å². The molecule has 0 saturated carbocycles. The van der Waals surface area contributed by atoms with Crippen molar-refractivity contribution in [2.24, 2.45) is 0 Å². The molecule has 24 heavy (non-hydrogen) atoms. The number of nitrogens with one attached hydrogen (secondary N) is 1. The van der Waals surface area contributed by atoms with E-state index in [0.29, 0.717) is 5.69 Å². The van der Waals surface area contributed by atoms with E-state index in [1.807, 2.05) is 26.0 Å². The second-order valence-electron chi connectivity index (χ2n) is 5.42. The Morgan fingerprint density at radius 3 is 2.58 bits per heavy atom. The van der Waals surface area contributed by atoms with Gasteiger partial charge in [-0.05, 0) is 55.7 Å². The quantitative estimate of drug-likeness (QED) is 0.733. The molecule has 0 heterocycles. The van der Waals surface area contributed by atoms with Crippen LogP contribution in [0.1, 0.15) is 22.3 Å². The molecular formula is C18H19BrFNO3. The lowest BCUT2D eigenvalue weighted by Gasteiger charge is -2.15. The first-order chi connectivity index (χ1) is 11.4. The fraction of sp³-hybridized carbons (Fsp3) is 0.278. The molecule has 0 fully saturated rings. The van der Waals surface area contributed by atoms with E-state index in [1.54, 1.807) is 12.1 Å². The summed E-state index contributed by atoms with van der Waals surface area (Å²) < 4.78 is 23.1. The Morgan fingerprint density at radius 1 is 1.17 bits per heavy atom. The van der Waals surface area contributed by atoms with Crippen LogP contribution in [-0.4, -0.2) is 13.0 Å². The Balaban J connectivity index is 2.20. The standard InChI is InChI=1S/C18H19BrFNO3/c1-11-7-13(3)17(8-12(11)2)23-9-14-15(19)5-4-6-16(14)21-18(22)24-10-20/h4-8H,9-10H2,1-3H3,(H,21,22). The summed E-state index contributed by atoms with van der Waals surface area (Å²) in [6.45, 7) is 5.14. The third-order valence-electron chi connectivity index (χ3n) is 3.70. The minimum absolute atomic E-state index is 0.246. The molecule has 0 aliphatic heterocycles. The van der Waals surface area contributed by atoms with Gasteiger partial charge in [0.15, 0.2) is 0 Å². The average Bonchev–Trinajstić information content (AvgIpc) is 2.51. The maximum absolute atomic E-state index is 12.1. The molecule has 0 spiro atoms. The van der Waals surface area contributed by atoms with Gasteiger partial charge in [0.25, 0.3) is 0 Å². The molecule has 0 aliphatic carbocycles. The summed E-state index contributed by atoms with van der Waals surface area (Å²) in [7, 11) is 0. The number of halogens is 2. The molecule has 128 valence electrons. The van der Waals surface area contributed by atoms with E-state index in [1.165, 1.54) is 5.56 Å². The predicted octanol–water partition coefficient (Wildman–Crippen LogP) is 5.43. The SMILES string of the molecule is Cc1cc(C)c(OCc2c(Br)cccc2NC(=O)OCF)cc1C. The van der Waals surface area contributed by atoms with Gasteiger partial charge in [-0.2, -0.15) is 0 Å². The molecule has 0 aromatic heterocycles. The van der Waals surface area contributed by atoms with Crippen LogP contribution in [0.15, 0.2) is 34.8 Å². The van der Waals surface area contributed by atoms with Crippen molar-refractivity contribution in [3.63, 3.8) is 0 Å². The molecular weight excluding hydrogens is 377 g/mol. The van der Waals surface area contributed by atoms with Crippen LogP contribution in [0.25, 0.3) is 0 Å². The molecule has 2 rings (SSSR count). The largest absolute Gasteiger partial charge is 0.489 e. The smallest absolute Gasteiger partial charge is 0.413 e. The van der Waals surface area contributed by atoms with Crippen LogP contribution < -0.4 is 10.1 Å². The van der Waals surface area contributed by atoms with Gasteiger partial charge in [-0.1, -0.05) is 28.1 Å². The Bertz CT molecular complexity index is 749. The molecule has 0 bridgehead atoms. The zero-order valence-electron chi connectivity index (χ0n) is 13.8. The number of aryl methyl sites for hydroxylation is 3. The number of hydrogen-bond acceptors (Lipinski definition) is 3. The minimum atomic E-state index is -1.17. The maximum Gasteiger partial charge on any atom is 0.413 e. The van der Waals surface area contributed by atoms with Crippen molar-refractivity contribution in [2.45, 2.75) is 27.4 Å². The van der Waals surface area contributed by atoms with Crippen molar-refractivity contribution in [3.8, 4) is 5.75 Å². The van der Waals surface area contributed by atoms with E-state index in [4.69, 9.17) is 4.74 Å². The summed E-state index contributed by atoms with van der Waals surface area (Å²) in [4.78, 5) is 11.5. The number of amides is 1. The Hall–Kier alpha value is -2.08. The van der Waals surface area contributed by atoms with E-state index >= 15 is 0 Å². The number of carbonyl (C=O) groups excluding carboxylic acids is 1. The van der Waals surface area contributed by atoms with E-state index < -0.39 is 13.0 Å². The molecule has 4 nitrogen and oxygen atoms in total. The first-order valence-corrected chi connectivity index (χ1v) is 8.19. The summed E-state index contributed by atoms with van der Waals surface area (Å²) in [5.41, 5.74) is 4.64. The number of anilines is 1. The molecule has 2 aromatic rings. The second kappa shape index (κ2) is 8.15. The van der Waals surface area contributed by atoms with E-state index in [0.717, 1.165) is 26.9 Å². The lowest BCUT2D eigenvalue weighted by Crippen LogP contribution is -2.15. The lowest BCUT2D eigenvalue weighted by atomic mass is 10.1. The second-order valence-corrected chi connectivity index (χ2v) is 6.28. The van der Waals surface area contributed by atoms with Crippen LogP contribution >= 0.6 is 15.9 Å². The highest BCUT2D eigenvalue weighted by Crippen LogP contribution is 2.28. The summed E-state index contributed by atoms with van der Waals surface area (Å²) in [6, 6.07) is 9.38. The van der Waals surface area contributed by atoms with E-state index in [2.05, 4.69) is 39.0 Å².